The van der Waals surface area contributed by atoms with Crippen molar-refractivity contribution in [3.8, 4) is 5.75 Å². The van der Waals surface area contributed by atoms with Gasteiger partial charge in [0, 0.05) is 19.3 Å². The van der Waals surface area contributed by atoms with Crippen molar-refractivity contribution in [3.63, 3.8) is 0 Å². The second-order valence-corrected chi connectivity index (χ2v) is 11.1. The summed E-state index contributed by atoms with van der Waals surface area (Å²) >= 11 is 0. The number of likely N-dealkylation sites (tertiary alicyclic amines) is 1. The van der Waals surface area contributed by atoms with Crippen molar-refractivity contribution in [1.29, 1.82) is 0 Å². The van der Waals surface area contributed by atoms with Crippen LogP contribution in [0.25, 0.3) is 0 Å². The van der Waals surface area contributed by atoms with Crippen molar-refractivity contribution < 1.29 is 31.1 Å². The Morgan fingerprint density at radius 2 is 1.77 bits per heavy atom. The molecule has 0 saturated carbocycles. The molecule has 0 bridgehead atoms. The topological polar surface area (TPSA) is 75.7 Å². The summed E-state index contributed by atoms with van der Waals surface area (Å²) < 4.78 is 67.9. The number of alkyl halides is 3. The van der Waals surface area contributed by atoms with E-state index in [1.165, 1.54) is 24.3 Å². The van der Waals surface area contributed by atoms with E-state index in [0.717, 1.165) is 24.0 Å². The van der Waals surface area contributed by atoms with Gasteiger partial charge in [0.1, 0.15) is 11.9 Å². The average molecular weight is 535 g/mol. The fourth-order valence-electron chi connectivity index (χ4n) is 3.87. The quantitative estimate of drug-likeness (QED) is 0.560. The Morgan fingerprint density at radius 1 is 1.14 bits per heavy atom. The van der Waals surface area contributed by atoms with Crippen LogP contribution in [0.3, 0.4) is 0 Å². The molecule has 1 amide bonds. The SMILES string of the molecule is C[C@H](NC(=O)C(C)(C)N1CC[C@@H](Oc2cccc(C(F)(F)F)c2)C1)c1ccc(S(C)(=O)=O)cc1.Cl. The van der Waals surface area contributed by atoms with E-state index in [1.807, 2.05) is 11.8 Å². The summed E-state index contributed by atoms with van der Waals surface area (Å²) in [6.45, 7) is 6.34. The Balaban J connectivity index is 0.00000432. The highest BCUT2D eigenvalue weighted by atomic mass is 35.5. The van der Waals surface area contributed by atoms with E-state index in [-0.39, 0.29) is 41.1 Å². The van der Waals surface area contributed by atoms with Gasteiger partial charge in [-0.1, -0.05) is 18.2 Å². The molecule has 2 atom stereocenters. The standard InChI is InChI=1S/C24H29F3N2O4S.ClH/c1-16(17-8-10-21(11-9-17)34(4,31)32)28-22(30)23(2,3)29-13-12-20(15-29)33-19-7-5-6-18(14-19)24(25,26)27;/h5-11,14,16,20H,12-13,15H2,1-4H3,(H,28,30);1H/t16-,20+;/m0./s1. The zero-order valence-corrected chi connectivity index (χ0v) is 21.6. The van der Waals surface area contributed by atoms with E-state index in [2.05, 4.69) is 5.32 Å². The Labute approximate surface area is 210 Å². The van der Waals surface area contributed by atoms with Crippen LogP contribution in [0.15, 0.2) is 53.4 Å². The minimum Gasteiger partial charge on any atom is -0.489 e. The third-order valence-electron chi connectivity index (χ3n) is 6.11. The van der Waals surface area contributed by atoms with E-state index in [4.69, 9.17) is 4.74 Å². The Hall–Kier alpha value is -2.30. The predicted molar refractivity (Wildman–Crippen MR) is 129 cm³/mol. The molecule has 0 radical (unpaired) electrons. The zero-order valence-electron chi connectivity index (χ0n) is 19.9. The first-order valence-corrected chi connectivity index (χ1v) is 12.8. The fraction of sp³-hybridized carbons (Fsp3) is 0.458. The Bertz CT molecular complexity index is 1140. The van der Waals surface area contributed by atoms with Gasteiger partial charge >= 0.3 is 6.18 Å². The molecular formula is C24H30ClF3N2O4S. The number of benzene rings is 2. The molecule has 1 aliphatic heterocycles. The van der Waals surface area contributed by atoms with E-state index >= 15 is 0 Å². The number of sulfone groups is 1. The number of nitrogens with zero attached hydrogens (tertiary/aromatic N) is 1. The van der Waals surface area contributed by atoms with Crippen LogP contribution in [0.5, 0.6) is 5.75 Å². The summed E-state index contributed by atoms with van der Waals surface area (Å²) in [6.07, 6.45) is -3.06. The normalized spacial score (nSPS) is 18.0. The van der Waals surface area contributed by atoms with Crippen LogP contribution in [0, 0.1) is 0 Å². The highest BCUT2D eigenvalue weighted by Crippen LogP contribution is 2.32. The molecule has 0 unspecified atom stereocenters. The molecule has 11 heteroatoms. The van der Waals surface area contributed by atoms with Gasteiger partial charge in [0.25, 0.3) is 0 Å². The van der Waals surface area contributed by atoms with Crippen LogP contribution < -0.4 is 10.1 Å². The van der Waals surface area contributed by atoms with Crippen LogP contribution >= 0.6 is 12.4 Å². The number of hydrogen-bond acceptors (Lipinski definition) is 5. The molecule has 1 aliphatic rings. The molecule has 0 aromatic heterocycles. The summed E-state index contributed by atoms with van der Waals surface area (Å²) in [7, 11) is -3.30. The number of halogens is 4. The first-order chi connectivity index (χ1) is 15.7. The smallest absolute Gasteiger partial charge is 0.416 e. The van der Waals surface area contributed by atoms with Crippen LogP contribution in [0.2, 0.25) is 0 Å². The molecule has 0 aliphatic carbocycles. The van der Waals surface area contributed by atoms with Crippen molar-refractivity contribution >= 4 is 28.2 Å². The summed E-state index contributed by atoms with van der Waals surface area (Å²) in [4.78, 5) is 15.2. The first-order valence-electron chi connectivity index (χ1n) is 10.9. The van der Waals surface area contributed by atoms with Gasteiger partial charge in [-0.3, -0.25) is 9.69 Å². The highest BCUT2D eigenvalue weighted by Gasteiger charge is 2.40. The summed E-state index contributed by atoms with van der Waals surface area (Å²) in [5.41, 5.74) is -0.880. The first kappa shape index (κ1) is 28.9. The lowest BCUT2D eigenvalue weighted by Crippen LogP contribution is -2.54. The number of ether oxygens (including phenoxy) is 1. The molecule has 2 aromatic carbocycles. The van der Waals surface area contributed by atoms with Gasteiger partial charge in [-0.05, 0) is 63.1 Å². The van der Waals surface area contributed by atoms with Crippen molar-refractivity contribution in [2.75, 3.05) is 19.3 Å². The van der Waals surface area contributed by atoms with E-state index in [9.17, 15) is 26.4 Å². The lowest BCUT2D eigenvalue weighted by atomic mass is 10.0. The van der Waals surface area contributed by atoms with Crippen LogP contribution in [0.1, 0.15) is 44.4 Å². The second kappa shape index (κ2) is 10.8. The highest BCUT2D eigenvalue weighted by molar-refractivity contribution is 7.90. The molecule has 1 saturated heterocycles. The average Bonchev–Trinajstić information content (AvgIpc) is 3.22. The minimum atomic E-state index is -4.44. The lowest BCUT2D eigenvalue weighted by Gasteiger charge is -2.35. The lowest BCUT2D eigenvalue weighted by molar-refractivity contribution is -0.137. The Morgan fingerprint density at radius 3 is 2.34 bits per heavy atom. The number of rotatable bonds is 7. The van der Waals surface area contributed by atoms with Gasteiger partial charge < -0.3 is 10.1 Å². The molecule has 35 heavy (non-hydrogen) atoms. The third kappa shape index (κ3) is 7.11. The molecule has 3 rings (SSSR count). The third-order valence-corrected chi connectivity index (χ3v) is 7.24. The fourth-order valence-corrected chi connectivity index (χ4v) is 4.50. The number of carbonyl (C=O) groups excluding carboxylic acids is 1. The number of hydrogen-bond donors (Lipinski definition) is 1. The van der Waals surface area contributed by atoms with Gasteiger partial charge in [-0.15, -0.1) is 12.4 Å². The largest absolute Gasteiger partial charge is 0.489 e. The van der Waals surface area contributed by atoms with E-state index in [0.29, 0.717) is 19.5 Å². The maximum Gasteiger partial charge on any atom is 0.416 e. The minimum absolute atomic E-state index is 0. The Kier molecular flexibility index (Phi) is 8.89. The molecular weight excluding hydrogens is 505 g/mol. The van der Waals surface area contributed by atoms with Crippen LogP contribution in [-0.2, 0) is 20.8 Å². The number of nitrogens with one attached hydrogen (secondary N) is 1. The molecule has 1 N–H and O–H groups in total. The van der Waals surface area contributed by atoms with Crippen LogP contribution in [0.4, 0.5) is 13.2 Å². The van der Waals surface area contributed by atoms with Gasteiger partial charge in [-0.2, -0.15) is 13.2 Å². The monoisotopic (exact) mass is 534 g/mol. The van der Waals surface area contributed by atoms with Gasteiger partial charge in [0.05, 0.1) is 22.0 Å². The summed E-state index contributed by atoms with van der Waals surface area (Å²) in [5.74, 6) is -0.0676. The molecule has 0 spiro atoms. The maximum absolute atomic E-state index is 13.1. The maximum atomic E-state index is 13.1. The molecule has 2 aromatic rings. The molecule has 6 nitrogen and oxygen atoms in total. The number of amides is 1. The molecule has 1 heterocycles. The van der Waals surface area contributed by atoms with Gasteiger partial charge in [0.15, 0.2) is 9.84 Å². The van der Waals surface area contributed by atoms with Crippen LogP contribution in [-0.4, -0.2) is 50.2 Å². The zero-order chi connectivity index (χ0) is 25.3. The summed E-state index contributed by atoms with van der Waals surface area (Å²) in [5, 5.41) is 2.96. The second-order valence-electron chi connectivity index (χ2n) is 9.10. The summed E-state index contributed by atoms with van der Waals surface area (Å²) in [6, 6.07) is 10.8. The van der Waals surface area contributed by atoms with Crippen molar-refractivity contribution in [2.24, 2.45) is 0 Å². The van der Waals surface area contributed by atoms with E-state index in [1.54, 1.807) is 26.0 Å². The molecule has 194 valence electrons. The molecule has 1 fully saturated rings. The van der Waals surface area contributed by atoms with E-state index < -0.39 is 27.1 Å². The number of carbonyl (C=O) groups is 1. The van der Waals surface area contributed by atoms with Gasteiger partial charge in [0.2, 0.25) is 5.91 Å². The van der Waals surface area contributed by atoms with Crippen molar-refractivity contribution in [2.45, 2.75) is 55.9 Å². The predicted octanol–water partition coefficient (Wildman–Crippen LogP) is 4.64. The van der Waals surface area contributed by atoms with Crippen molar-refractivity contribution in [1.82, 2.24) is 10.2 Å². The van der Waals surface area contributed by atoms with Gasteiger partial charge in [-0.25, -0.2) is 8.42 Å². The van der Waals surface area contributed by atoms with Crippen molar-refractivity contribution in [3.05, 3.63) is 59.7 Å².